The van der Waals surface area contributed by atoms with Crippen molar-refractivity contribution in [3.05, 3.63) is 69.7 Å². The average molecular weight is 382 g/mol. The highest BCUT2D eigenvalue weighted by Gasteiger charge is 2.24. The second-order valence-electron chi connectivity index (χ2n) is 7.97. The summed E-state index contributed by atoms with van der Waals surface area (Å²) >= 11 is 0. The monoisotopic (exact) mass is 381 g/mol. The fraction of sp³-hybridized carbons (Fsp3) is 0.478. The normalized spacial score (nSPS) is 13.9. The second-order valence-corrected chi connectivity index (χ2v) is 7.97. The topological polar surface area (TPSA) is 50.5 Å². The van der Waals surface area contributed by atoms with Gasteiger partial charge in [-0.25, -0.2) is 0 Å². The Morgan fingerprint density at radius 1 is 1.18 bits per heavy atom. The van der Waals surface area contributed by atoms with Crippen LogP contribution < -0.4 is 4.73 Å². The highest BCUT2D eigenvalue weighted by molar-refractivity contribution is 5.97. The van der Waals surface area contributed by atoms with Crippen LogP contribution in [0.3, 0.4) is 0 Å². The van der Waals surface area contributed by atoms with Gasteiger partial charge < -0.3 is 15.0 Å². The third-order valence-corrected chi connectivity index (χ3v) is 5.70. The van der Waals surface area contributed by atoms with E-state index in [0.29, 0.717) is 0 Å². The van der Waals surface area contributed by atoms with Gasteiger partial charge >= 0.3 is 0 Å². The van der Waals surface area contributed by atoms with E-state index in [9.17, 15) is 10.0 Å². The largest absolute Gasteiger partial charge is 0.619 e. The van der Waals surface area contributed by atoms with Crippen LogP contribution in [-0.2, 0) is 12.8 Å². The molecule has 1 aliphatic rings. The molecule has 1 aliphatic heterocycles. The van der Waals surface area contributed by atoms with Crippen LogP contribution in [0.2, 0.25) is 0 Å². The first-order valence-corrected chi connectivity index (χ1v) is 10.2. The van der Waals surface area contributed by atoms with Crippen molar-refractivity contribution in [3.8, 4) is 0 Å². The van der Waals surface area contributed by atoms with Crippen molar-refractivity contribution in [1.29, 1.82) is 0 Å². The summed E-state index contributed by atoms with van der Waals surface area (Å²) < 4.78 is 0.857. The molecular formula is C23H31N3O2. The van der Waals surface area contributed by atoms with Crippen LogP contribution in [0.25, 0.3) is 0 Å². The first-order valence-electron chi connectivity index (χ1n) is 10.2. The molecule has 0 aliphatic carbocycles. The van der Waals surface area contributed by atoms with Crippen molar-refractivity contribution >= 4 is 5.91 Å². The molecule has 0 unspecified atom stereocenters. The molecule has 1 aromatic carbocycles. The van der Waals surface area contributed by atoms with E-state index < -0.39 is 0 Å². The van der Waals surface area contributed by atoms with Crippen LogP contribution in [0.4, 0.5) is 0 Å². The summed E-state index contributed by atoms with van der Waals surface area (Å²) in [5.41, 5.74) is 5.62. The summed E-state index contributed by atoms with van der Waals surface area (Å²) in [6, 6.07) is 8.02. The number of rotatable bonds is 8. The summed E-state index contributed by atoms with van der Waals surface area (Å²) in [6.45, 7) is 7.77. The summed E-state index contributed by atoms with van der Waals surface area (Å²) in [6.07, 6.45) is 7.02. The number of aryl methyl sites for hydroxylation is 3. The number of pyridine rings is 1. The van der Waals surface area contributed by atoms with Gasteiger partial charge in [0.05, 0.1) is 0 Å². The van der Waals surface area contributed by atoms with Crippen molar-refractivity contribution < 1.29 is 9.52 Å². The molecule has 0 saturated heterocycles. The number of hydrogen-bond donors (Lipinski definition) is 0. The Kier molecular flexibility index (Phi) is 6.68. The number of benzene rings is 1. The Hall–Kier alpha value is -2.40. The van der Waals surface area contributed by atoms with Crippen LogP contribution in [0.1, 0.15) is 45.5 Å². The molecule has 0 bridgehead atoms. The van der Waals surface area contributed by atoms with Gasteiger partial charge in [-0.05, 0) is 88.5 Å². The second kappa shape index (κ2) is 9.20. The van der Waals surface area contributed by atoms with Crippen molar-refractivity contribution in [2.45, 2.75) is 39.5 Å². The zero-order chi connectivity index (χ0) is 20.1. The minimum absolute atomic E-state index is 0.182. The van der Waals surface area contributed by atoms with E-state index in [2.05, 4.69) is 37.9 Å². The molecule has 1 amide bonds. The first kappa shape index (κ1) is 20.3. The lowest BCUT2D eigenvalue weighted by Crippen LogP contribution is -2.39. The molecule has 0 spiro atoms. The van der Waals surface area contributed by atoms with Gasteiger partial charge in [-0.1, -0.05) is 6.07 Å². The van der Waals surface area contributed by atoms with E-state index in [-0.39, 0.29) is 5.91 Å². The summed E-state index contributed by atoms with van der Waals surface area (Å²) in [4.78, 5) is 17.1. The summed E-state index contributed by atoms with van der Waals surface area (Å²) in [7, 11) is 2.12. The molecular weight excluding hydrogens is 350 g/mol. The van der Waals surface area contributed by atoms with Gasteiger partial charge in [-0.2, -0.15) is 4.73 Å². The highest BCUT2D eigenvalue weighted by Crippen LogP contribution is 2.23. The molecule has 5 heteroatoms. The zero-order valence-electron chi connectivity index (χ0n) is 17.3. The maximum absolute atomic E-state index is 12.8. The Morgan fingerprint density at radius 3 is 2.71 bits per heavy atom. The predicted octanol–water partition coefficient (Wildman–Crippen LogP) is 2.89. The van der Waals surface area contributed by atoms with Gasteiger partial charge in [0.2, 0.25) is 0 Å². The van der Waals surface area contributed by atoms with Gasteiger partial charge in [0, 0.05) is 30.3 Å². The molecule has 2 aromatic rings. The SMILES string of the molecule is Cc1cc2c(cc1C)C(=O)N(CCCN(C)CCCc1ccc[n+]([O-])c1)CC2. The quantitative estimate of drug-likeness (QED) is 0.522. The molecule has 28 heavy (non-hydrogen) atoms. The van der Waals surface area contributed by atoms with Crippen LogP contribution in [0.5, 0.6) is 0 Å². The lowest BCUT2D eigenvalue weighted by atomic mass is 9.94. The van der Waals surface area contributed by atoms with E-state index in [4.69, 9.17) is 0 Å². The smallest absolute Gasteiger partial charge is 0.254 e. The molecule has 150 valence electrons. The van der Waals surface area contributed by atoms with Gasteiger partial charge in [0.1, 0.15) is 0 Å². The van der Waals surface area contributed by atoms with Crippen LogP contribution in [-0.4, -0.2) is 48.9 Å². The van der Waals surface area contributed by atoms with E-state index >= 15 is 0 Å². The lowest BCUT2D eigenvalue weighted by molar-refractivity contribution is -0.605. The van der Waals surface area contributed by atoms with E-state index in [1.165, 1.54) is 22.9 Å². The van der Waals surface area contributed by atoms with E-state index in [1.807, 2.05) is 11.0 Å². The summed E-state index contributed by atoms with van der Waals surface area (Å²) in [5.74, 6) is 0.182. The molecule has 3 rings (SSSR count). The van der Waals surface area contributed by atoms with Gasteiger partial charge in [-0.3, -0.25) is 4.79 Å². The van der Waals surface area contributed by atoms with Crippen LogP contribution in [0, 0.1) is 19.1 Å². The van der Waals surface area contributed by atoms with E-state index in [0.717, 1.165) is 67.7 Å². The standard InChI is InChI=1S/C23H31N3O2/c1-18-15-21-9-14-25(23(27)22(21)16-19(18)2)12-6-11-24(3)10-4-7-20-8-5-13-26(28)17-20/h5,8,13,15-17H,4,6-7,9-12,14H2,1-3H3. The molecule has 0 fully saturated rings. The minimum atomic E-state index is 0.182. The average Bonchev–Trinajstić information content (AvgIpc) is 2.65. The predicted molar refractivity (Wildman–Crippen MR) is 111 cm³/mol. The fourth-order valence-corrected chi connectivity index (χ4v) is 3.87. The molecule has 0 atom stereocenters. The Labute approximate surface area is 168 Å². The first-order chi connectivity index (χ1) is 13.4. The Bertz CT molecular complexity index is 835. The molecule has 1 aromatic heterocycles. The third kappa shape index (κ3) is 5.10. The molecule has 0 saturated carbocycles. The number of carbonyl (C=O) groups excluding carboxylic acids is 1. The number of nitrogens with zero attached hydrogens (tertiary/aromatic N) is 3. The van der Waals surface area contributed by atoms with Crippen molar-refractivity contribution in [3.63, 3.8) is 0 Å². The van der Waals surface area contributed by atoms with Crippen LogP contribution >= 0.6 is 0 Å². The van der Waals surface area contributed by atoms with Crippen LogP contribution in [0.15, 0.2) is 36.7 Å². The van der Waals surface area contributed by atoms with Crippen molar-refractivity contribution in [2.75, 3.05) is 33.2 Å². The number of carbonyl (C=O) groups is 1. The van der Waals surface area contributed by atoms with Crippen molar-refractivity contribution in [1.82, 2.24) is 9.80 Å². The lowest BCUT2D eigenvalue weighted by Gasteiger charge is -2.30. The zero-order valence-corrected chi connectivity index (χ0v) is 17.3. The highest BCUT2D eigenvalue weighted by atomic mass is 16.5. The number of hydrogen-bond acceptors (Lipinski definition) is 3. The molecule has 0 radical (unpaired) electrons. The number of amides is 1. The number of fused-ring (bicyclic) bond motifs is 1. The van der Waals surface area contributed by atoms with Gasteiger partial charge in [-0.15, -0.1) is 0 Å². The molecule has 2 heterocycles. The van der Waals surface area contributed by atoms with Gasteiger partial charge in [0.25, 0.3) is 5.91 Å². The molecule has 0 N–H and O–H groups in total. The van der Waals surface area contributed by atoms with Crippen molar-refractivity contribution in [2.24, 2.45) is 0 Å². The summed E-state index contributed by atoms with van der Waals surface area (Å²) in [5, 5.41) is 11.3. The maximum Gasteiger partial charge on any atom is 0.254 e. The minimum Gasteiger partial charge on any atom is -0.619 e. The Morgan fingerprint density at radius 2 is 1.93 bits per heavy atom. The van der Waals surface area contributed by atoms with E-state index in [1.54, 1.807) is 12.3 Å². The fourth-order valence-electron chi connectivity index (χ4n) is 3.87. The third-order valence-electron chi connectivity index (χ3n) is 5.70. The van der Waals surface area contributed by atoms with Gasteiger partial charge in [0.15, 0.2) is 12.4 Å². The molecule has 5 nitrogen and oxygen atoms in total. The Balaban J connectivity index is 1.41. The maximum atomic E-state index is 12.8. The number of aromatic nitrogens is 1.